The van der Waals surface area contributed by atoms with Crippen molar-refractivity contribution < 1.29 is 49.4 Å². The minimum absolute atomic E-state index is 0.0137. The molecule has 0 spiro atoms. The average Bonchev–Trinajstić information content (AvgIpc) is 3.61. The number of benzene rings is 2. The van der Waals surface area contributed by atoms with Crippen molar-refractivity contribution in [2.24, 2.45) is 7.05 Å². The molecule has 5 rings (SSSR count). The summed E-state index contributed by atoms with van der Waals surface area (Å²) in [5.74, 6) is -1.32. The molecule has 4 aromatic rings. The fourth-order valence-electron chi connectivity index (χ4n) is 5.77. The molecular weight excluding hydrogens is 679 g/mol. The Morgan fingerprint density at radius 1 is 0.979 bits per heavy atom. The number of fused-ring (bicyclic) bond motifs is 1. The summed E-state index contributed by atoms with van der Waals surface area (Å²) in [5.41, 5.74) is -3.94. The molecule has 1 atom stereocenters. The standard InChI is InChI=1S/C30H27F9N6O2S/c1-3-17-11-21-23(5-4-8-44(24(21)13-22(17)30(37,38)39)15-20-6-7-25(48-20)26(46)47)45(27-40-42-43(2)41-27)14-16-9-18(28(31,32)33)12-19(10-16)29(34,35)36/h6-7,9-13,23H,3-5,8,14-15H2,1-2H3,(H,46,47). The molecule has 1 N–H and O–H groups in total. The summed E-state index contributed by atoms with van der Waals surface area (Å²) in [6.45, 7) is 1.21. The highest BCUT2D eigenvalue weighted by Crippen LogP contribution is 2.45. The van der Waals surface area contributed by atoms with Gasteiger partial charge in [-0.1, -0.05) is 18.1 Å². The first kappa shape index (κ1) is 35.0. The van der Waals surface area contributed by atoms with Crippen molar-refractivity contribution in [3.63, 3.8) is 0 Å². The zero-order valence-electron chi connectivity index (χ0n) is 25.2. The Balaban J connectivity index is 1.68. The Morgan fingerprint density at radius 2 is 1.65 bits per heavy atom. The van der Waals surface area contributed by atoms with E-state index >= 15 is 0 Å². The van der Waals surface area contributed by atoms with E-state index in [1.54, 1.807) is 11.0 Å². The lowest BCUT2D eigenvalue weighted by Gasteiger charge is -2.33. The van der Waals surface area contributed by atoms with E-state index in [1.165, 1.54) is 31.0 Å². The van der Waals surface area contributed by atoms with E-state index in [0.717, 1.165) is 22.2 Å². The SMILES string of the molecule is CCc1cc2c(cc1C(F)(F)F)N(Cc1ccc(C(=O)O)s1)CCCC2N(Cc1cc(C(F)(F)F)cc(C(F)(F)F)c1)c1nnn(C)n1. The fourth-order valence-corrected chi connectivity index (χ4v) is 6.63. The van der Waals surface area contributed by atoms with Crippen LogP contribution in [0.5, 0.6) is 0 Å². The number of carboxylic acids is 1. The number of nitrogens with zero attached hydrogens (tertiary/aromatic N) is 6. The second-order valence-corrected chi connectivity index (χ2v) is 12.4. The van der Waals surface area contributed by atoms with Gasteiger partial charge >= 0.3 is 24.5 Å². The van der Waals surface area contributed by atoms with Crippen molar-refractivity contribution in [1.29, 1.82) is 0 Å². The molecule has 1 unspecified atom stereocenters. The van der Waals surface area contributed by atoms with Crippen LogP contribution in [0.1, 0.15) is 73.7 Å². The fraction of sp³-hybridized carbons (Fsp3) is 0.400. The van der Waals surface area contributed by atoms with Crippen LogP contribution < -0.4 is 9.80 Å². The number of aromatic carboxylic acids is 1. The van der Waals surface area contributed by atoms with Gasteiger partial charge in [0, 0.05) is 23.7 Å². The van der Waals surface area contributed by atoms with E-state index in [4.69, 9.17) is 0 Å². The van der Waals surface area contributed by atoms with Gasteiger partial charge in [-0.2, -0.15) is 44.3 Å². The zero-order valence-corrected chi connectivity index (χ0v) is 26.0. The summed E-state index contributed by atoms with van der Waals surface area (Å²) < 4.78 is 125. The summed E-state index contributed by atoms with van der Waals surface area (Å²) in [6, 6.07) is 5.57. The van der Waals surface area contributed by atoms with Crippen LogP contribution in [0.3, 0.4) is 0 Å². The molecule has 0 bridgehead atoms. The van der Waals surface area contributed by atoms with E-state index < -0.39 is 53.8 Å². The molecule has 0 saturated heterocycles. The molecule has 0 fully saturated rings. The third kappa shape index (κ3) is 7.52. The van der Waals surface area contributed by atoms with Crippen molar-refractivity contribution in [1.82, 2.24) is 20.2 Å². The number of hydrogen-bond donors (Lipinski definition) is 1. The molecule has 1 aliphatic heterocycles. The van der Waals surface area contributed by atoms with Crippen molar-refractivity contribution in [3.8, 4) is 0 Å². The lowest BCUT2D eigenvalue weighted by molar-refractivity contribution is -0.143. The first-order valence-electron chi connectivity index (χ1n) is 14.4. The number of thiophene rings is 1. The van der Waals surface area contributed by atoms with Gasteiger partial charge in [0.1, 0.15) is 4.88 Å². The highest BCUT2D eigenvalue weighted by atomic mass is 32.1. The lowest BCUT2D eigenvalue weighted by atomic mass is 9.93. The van der Waals surface area contributed by atoms with Gasteiger partial charge < -0.3 is 14.9 Å². The van der Waals surface area contributed by atoms with Crippen molar-refractivity contribution in [3.05, 3.63) is 85.6 Å². The van der Waals surface area contributed by atoms with Crippen LogP contribution in [-0.4, -0.2) is 37.8 Å². The van der Waals surface area contributed by atoms with Crippen LogP contribution in [0.4, 0.5) is 51.1 Å². The largest absolute Gasteiger partial charge is 0.477 e. The molecule has 0 saturated carbocycles. The number of halogens is 9. The highest BCUT2D eigenvalue weighted by molar-refractivity contribution is 7.13. The number of rotatable bonds is 8. The maximum Gasteiger partial charge on any atom is 0.416 e. The summed E-state index contributed by atoms with van der Waals surface area (Å²) in [7, 11) is 1.40. The quantitative estimate of drug-likeness (QED) is 0.185. The molecule has 0 amide bonds. The molecular formula is C30H27F9N6O2S. The van der Waals surface area contributed by atoms with E-state index in [2.05, 4.69) is 15.4 Å². The third-order valence-electron chi connectivity index (χ3n) is 7.89. The number of alkyl halides is 9. The maximum atomic E-state index is 14.3. The predicted octanol–water partition coefficient (Wildman–Crippen LogP) is 8.14. The molecule has 258 valence electrons. The molecule has 0 radical (unpaired) electrons. The topological polar surface area (TPSA) is 87.4 Å². The number of aromatic nitrogens is 4. The predicted molar refractivity (Wildman–Crippen MR) is 157 cm³/mol. The molecule has 0 aliphatic carbocycles. The molecule has 8 nitrogen and oxygen atoms in total. The second kappa shape index (κ2) is 12.9. The Morgan fingerprint density at radius 3 is 2.17 bits per heavy atom. The van der Waals surface area contributed by atoms with Crippen molar-refractivity contribution >= 4 is 28.9 Å². The summed E-state index contributed by atoms with van der Waals surface area (Å²) in [5, 5.41) is 21.3. The summed E-state index contributed by atoms with van der Waals surface area (Å²) in [4.78, 5) is 16.1. The summed E-state index contributed by atoms with van der Waals surface area (Å²) >= 11 is 0.960. The van der Waals surface area contributed by atoms with Gasteiger partial charge in [-0.15, -0.1) is 16.4 Å². The van der Waals surface area contributed by atoms with Crippen LogP contribution in [0.15, 0.2) is 42.5 Å². The van der Waals surface area contributed by atoms with Crippen LogP contribution in [0.25, 0.3) is 0 Å². The Bertz CT molecular complexity index is 1770. The van der Waals surface area contributed by atoms with Gasteiger partial charge in [0.2, 0.25) is 0 Å². The van der Waals surface area contributed by atoms with E-state index in [1.807, 2.05) is 0 Å². The average molecular weight is 707 g/mol. The number of carboxylic acid groups (broad SMARTS) is 1. The number of anilines is 2. The molecule has 2 aromatic carbocycles. The monoisotopic (exact) mass is 706 g/mol. The Labute approximate surface area is 271 Å². The van der Waals surface area contributed by atoms with Gasteiger partial charge in [0.25, 0.3) is 5.95 Å². The Hall–Kier alpha value is -4.35. The van der Waals surface area contributed by atoms with Crippen molar-refractivity contribution in [2.75, 3.05) is 16.3 Å². The molecule has 2 aromatic heterocycles. The number of tetrazole rings is 1. The zero-order chi connectivity index (χ0) is 35.2. The second-order valence-electron chi connectivity index (χ2n) is 11.2. The van der Waals surface area contributed by atoms with Crippen LogP contribution >= 0.6 is 11.3 Å². The molecule has 18 heteroatoms. The molecule has 48 heavy (non-hydrogen) atoms. The van der Waals surface area contributed by atoms with Gasteiger partial charge in [0.05, 0.1) is 36.3 Å². The van der Waals surface area contributed by atoms with E-state index in [0.29, 0.717) is 29.0 Å². The van der Waals surface area contributed by atoms with Gasteiger partial charge in [0.15, 0.2) is 0 Å². The van der Waals surface area contributed by atoms with Gasteiger partial charge in [-0.05, 0) is 77.6 Å². The normalized spacial score (nSPS) is 15.7. The van der Waals surface area contributed by atoms with Crippen LogP contribution in [0, 0.1) is 0 Å². The lowest BCUT2D eigenvalue weighted by Crippen LogP contribution is -2.30. The number of aryl methyl sites for hydroxylation is 2. The Kier molecular flexibility index (Phi) is 9.42. The minimum atomic E-state index is -5.10. The number of hydrogen-bond acceptors (Lipinski definition) is 7. The van der Waals surface area contributed by atoms with E-state index in [-0.39, 0.29) is 59.6 Å². The minimum Gasteiger partial charge on any atom is -0.477 e. The maximum absolute atomic E-state index is 14.3. The first-order chi connectivity index (χ1) is 22.3. The van der Waals surface area contributed by atoms with Gasteiger partial charge in [-0.3, -0.25) is 0 Å². The summed E-state index contributed by atoms with van der Waals surface area (Å²) in [6.07, 6.45) is -14.5. The highest BCUT2D eigenvalue weighted by Gasteiger charge is 2.40. The smallest absolute Gasteiger partial charge is 0.416 e. The first-order valence-corrected chi connectivity index (χ1v) is 15.3. The van der Waals surface area contributed by atoms with Gasteiger partial charge in [-0.25, -0.2) is 4.79 Å². The molecule has 1 aliphatic rings. The van der Waals surface area contributed by atoms with Crippen LogP contribution in [0.2, 0.25) is 0 Å². The van der Waals surface area contributed by atoms with Crippen LogP contribution in [-0.2, 0) is 45.1 Å². The van der Waals surface area contributed by atoms with Crippen molar-refractivity contribution in [2.45, 2.75) is 63.8 Å². The molecule has 3 heterocycles. The van der Waals surface area contributed by atoms with E-state index in [9.17, 15) is 49.4 Å². The third-order valence-corrected chi connectivity index (χ3v) is 8.95. The number of carbonyl (C=O) groups is 1.